The van der Waals surface area contributed by atoms with E-state index >= 15 is 0 Å². The Labute approximate surface area is 196 Å². The predicted molar refractivity (Wildman–Crippen MR) is 130 cm³/mol. The molecule has 2 aromatic heterocycles. The van der Waals surface area contributed by atoms with Gasteiger partial charge in [-0.2, -0.15) is 0 Å². The molecule has 0 aliphatic rings. The first-order valence-electron chi connectivity index (χ1n) is 12.1. The van der Waals surface area contributed by atoms with E-state index in [1.165, 1.54) is 36.8 Å². The minimum absolute atomic E-state index is 0.526. The summed E-state index contributed by atoms with van der Waals surface area (Å²) in [5, 5.41) is 0. The average Bonchev–Trinajstić information content (AvgIpc) is 2.85. The fourth-order valence-corrected chi connectivity index (χ4v) is 6.02. The van der Waals surface area contributed by atoms with Crippen molar-refractivity contribution in [2.24, 2.45) is 0 Å². The number of rotatable bonds is 15. The predicted octanol–water partition coefficient (Wildman–Crippen LogP) is 5.02. The van der Waals surface area contributed by atoms with Gasteiger partial charge in [0.25, 0.3) is 0 Å². The molecule has 0 saturated carbocycles. The number of aromatic nitrogens is 2. The van der Waals surface area contributed by atoms with Gasteiger partial charge in [-0.1, -0.05) is 27.2 Å². The third-order valence-electron chi connectivity index (χ3n) is 6.61. The fraction of sp³-hybridized carbons (Fsp3) is 0.615. The number of pyridine rings is 2. The first-order valence-corrected chi connectivity index (χ1v) is 14.1. The first-order chi connectivity index (χ1) is 15.5. The van der Waals surface area contributed by atoms with E-state index in [0.29, 0.717) is 11.8 Å². The lowest BCUT2D eigenvalue weighted by atomic mass is 9.85. The molecule has 0 spiro atoms. The summed E-state index contributed by atoms with van der Waals surface area (Å²) in [7, 11) is 2.54. The fourth-order valence-electron chi connectivity index (χ4n) is 4.31. The van der Waals surface area contributed by atoms with E-state index in [4.69, 9.17) is 13.3 Å². The Morgan fingerprint density at radius 2 is 1.28 bits per heavy atom. The van der Waals surface area contributed by atoms with Gasteiger partial charge in [-0.25, -0.2) is 9.13 Å². The van der Waals surface area contributed by atoms with Crippen LogP contribution in [0.4, 0.5) is 0 Å². The van der Waals surface area contributed by atoms with E-state index in [2.05, 4.69) is 79.0 Å². The summed E-state index contributed by atoms with van der Waals surface area (Å²) >= 11 is 0. The zero-order valence-electron chi connectivity index (χ0n) is 21.0. The molecular weight excluding hydrogens is 416 g/mol. The van der Waals surface area contributed by atoms with Gasteiger partial charge in [-0.05, 0) is 35.8 Å². The Morgan fingerprint density at radius 3 is 1.75 bits per heavy atom. The van der Waals surface area contributed by atoms with Gasteiger partial charge in [0, 0.05) is 64.5 Å². The van der Waals surface area contributed by atoms with Crippen molar-refractivity contribution in [3.05, 3.63) is 60.2 Å². The normalized spacial score (nSPS) is 13.8. The van der Waals surface area contributed by atoms with E-state index in [1.54, 1.807) is 21.3 Å². The number of unbranched alkanes of at least 4 members (excludes halogenated alkanes) is 1. The van der Waals surface area contributed by atoms with E-state index in [0.717, 1.165) is 25.6 Å². The van der Waals surface area contributed by atoms with Gasteiger partial charge in [0.05, 0.1) is 0 Å². The van der Waals surface area contributed by atoms with Crippen molar-refractivity contribution in [1.29, 1.82) is 0 Å². The second kappa shape index (κ2) is 13.8. The summed E-state index contributed by atoms with van der Waals surface area (Å²) < 4.78 is 21.1. The maximum absolute atomic E-state index is 5.52. The van der Waals surface area contributed by atoms with E-state index in [1.807, 2.05) is 0 Å². The molecule has 0 bridgehead atoms. The molecule has 0 saturated heterocycles. The van der Waals surface area contributed by atoms with Crippen LogP contribution in [0.5, 0.6) is 0 Å². The monoisotopic (exact) mass is 460 g/mol. The van der Waals surface area contributed by atoms with Crippen molar-refractivity contribution < 1.29 is 22.4 Å². The van der Waals surface area contributed by atoms with Gasteiger partial charge in [0.15, 0.2) is 24.8 Å². The molecule has 0 aliphatic carbocycles. The van der Waals surface area contributed by atoms with Crippen molar-refractivity contribution in [3.63, 3.8) is 0 Å². The number of hydrogen-bond acceptors (Lipinski definition) is 3. The molecule has 5 nitrogen and oxygen atoms in total. The zero-order chi connectivity index (χ0) is 23.4. The summed E-state index contributed by atoms with van der Waals surface area (Å²) in [6.45, 7) is 8.93. The summed E-state index contributed by atoms with van der Waals surface area (Å²) in [6, 6.07) is 10.00. The van der Waals surface area contributed by atoms with Crippen molar-refractivity contribution in [2.75, 3.05) is 21.3 Å². The van der Waals surface area contributed by atoms with Gasteiger partial charge in [-0.15, -0.1) is 0 Å². The van der Waals surface area contributed by atoms with Crippen molar-refractivity contribution in [3.8, 4) is 0 Å². The van der Waals surface area contributed by atoms with Gasteiger partial charge in [0.2, 0.25) is 0 Å². The largest absolute Gasteiger partial charge is 0.500 e. The Balaban J connectivity index is 1.91. The quantitative estimate of drug-likeness (QED) is 0.277. The van der Waals surface area contributed by atoms with Crippen molar-refractivity contribution in [1.82, 2.24) is 0 Å². The number of aryl methyl sites for hydroxylation is 2. The lowest BCUT2D eigenvalue weighted by Crippen LogP contribution is -2.44. The molecular formula is C26H44N2O3Si+2. The molecule has 2 aromatic rings. The second-order valence-corrected chi connectivity index (χ2v) is 11.8. The molecule has 2 heterocycles. The molecule has 0 aromatic carbocycles. The third kappa shape index (κ3) is 7.76. The third-order valence-corrected chi connectivity index (χ3v) is 9.44. The molecule has 2 atom stereocenters. The highest BCUT2D eigenvalue weighted by atomic mass is 28.4. The van der Waals surface area contributed by atoms with E-state index < -0.39 is 8.80 Å². The smallest absolute Gasteiger partial charge is 0.377 e. The van der Waals surface area contributed by atoms with Gasteiger partial charge in [0.1, 0.15) is 13.1 Å². The second-order valence-electron chi connectivity index (χ2n) is 8.73. The highest BCUT2D eigenvalue weighted by molar-refractivity contribution is 6.60. The van der Waals surface area contributed by atoms with Crippen LogP contribution in [0.3, 0.4) is 0 Å². The first kappa shape index (κ1) is 26.6. The molecule has 178 valence electrons. The molecule has 0 radical (unpaired) electrons. The van der Waals surface area contributed by atoms with Crippen LogP contribution in [-0.2, 0) is 26.4 Å². The summed E-state index contributed by atoms with van der Waals surface area (Å²) in [6.07, 6.45) is 14.7. The topological polar surface area (TPSA) is 35.5 Å². The van der Waals surface area contributed by atoms with E-state index in [-0.39, 0.29) is 0 Å². The highest BCUT2D eigenvalue weighted by Gasteiger charge is 2.37. The van der Waals surface area contributed by atoms with Gasteiger partial charge < -0.3 is 13.3 Å². The lowest BCUT2D eigenvalue weighted by molar-refractivity contribution is -0.697. The van der Waals surface area contributed by atoms with Crippen molar-refractivity contribution >= 4 is 8.80 Å². The maximum atomic E-state index is 5.52. The van der Waals surface area contributed by atoms with Crippen LogP contribution in [0.2, 0.25) is 6.04 Å². The Morgan fingerprint density at radius 1 is 0.781 bits per heavy atom. The lowest BCUT2D eigenvalue weighted by Gasteiger charge is -2.23. The number of nitrogens with zero attached hydrogens (tertiary/aromatic N) is 2. The molecule has 32 heavy (non-hydrogen) atoms. The van der Waals surface area contributed by atoms with Crippen LogP contribution in [0, 0.1) is 0 Å². The molecule has 0 N–H and O–H groups in total. The summed E-state index contributed by atoms with van der Waals surface area (Å²) in [5.74, 6) is 1.12. The van der Waals surface area contributed by atoms with Crippen LogP contribution in [0.15, 0.2) is 49.1 Å². The standard InChI is InChI=1S/C26H44N2O3Si/c1-7-9-15-27-19-13-26(14-20-27)24(8-2)22-23(3)25-11-17-28(18-12-25)16-10-21-32(29-4,30-5)31-6/h11-14,17-20,23-24H,7-10,15-16,21-22H2,1-6H3/q+2. The zero-order valence-corrected chi connectivity index (χ0v) is 22.0. The Hall–Kier alpha value is -1.60. The van der Waals surface area contributed by atoms with E-state index in [9.17, 15) is 0 Å². The minimum atomic E-state index is -2.48. The molecule has 0 aliphatic heterocycles. The van der Waals surface area contributed by atoms with Gasteiger partial charge >= 0.3 is 8.80 Å². The Kier molecular flexibility index (Phi) is 11.5. The van der Waals surface area contributed by atoms with Crippen LogP contribution in [0.1, 0.15) is 75.8 Å². The van der Waals surface area contributed by atoms with Crippen molar-refractivity contribution in [2.45, 2.75) is 83.8 Å². The highest BCUT2D eigenvalue weighted by Crippen LogP contribution is 2.31. The van der Waals surface area contributed by atoms with Crippen LogP contribution < -0.4 is 9.13 Å². The summed E-state index contributed by atoms with van der Waals surface area (Å²) in [5.41, 5.74) is 2.86. The Bertz CT molecular complexity index is 755. The van der Waals surface area contributed by atoms with Crippen LogP contribution in [-0.4, -0.2) is 30.1 Å². The molecule has 2 unspecified atom stereocenters. The summed E-state index contributed by atoms with van der Waals surface area (Å²) in [4.78, 5) is 0. The molecule has 0 amide bonds. The average molecular weight is 461 g/mol. The molecule has 2 rings (SSSR count). The van der Waals surface area contributed by atoms with Gasteiger partial charge in [-0.3, -0.25) is 0 Å². The SMILES string of the molecule is CCCC[n+]1ccc(C(CC)CC(C)c2cc[n+](CCC[Si](OC)(OC)OC)cc2)cc1. The van der Waals surface area contributed by atoms with Crippen LogP contribution >= 0.6 is 0 Å². The minimum Gasteiger partial charge on any atom is -0.377 e. The maximum Gasteiger partial charge on any atom is 0.500 e. The van der Waals surface area contributed by atoms with Crippen LogP contribution in [0.25, 0.3) is 0 Å². The number of hydrogen-bond donors (Lipinski definition) is 0. The molecule has 6 heteroatoms. The molecule has 0 fully saturated rings.